The molecule has 0 spiro atoms. The van der Waals surface area contributed by atoms with Gasteiger partial charge in [0, 0.05) is 11.1 Å². The Labute approximate surface area is 143 Å². The van der Waals surface area contributed by atoms with Crippen LogP contribution >= 0.6 is 11.8 Å². The van der Waals surface area contributed by atoms with Crippen molar-refractivity contribution in [2.75, 3.05) is 0 Å². The summed E-state index contributed by atoms with van der Waals surface area (Å²) in [6.07, 6.45) is 3.48. The summed E-state index contributed by atoms with van der Waals surface area (Å²) in [5, 5.41) is 0.605. The average molecular weight is 334 g/mol. The fourth-order valence-electron chi connectivity index (χ4n) is 2.30. The van der Waals surface area contributed by atoms with E-state index in [9.17, 15) is 0 Å². The largest absolute Gasteiger partial charge is 0.440 e. The van der Waals surface area contributed by atoms with Gasteiger partial charge in [0.15, 0.2) is 11.5 Å². The van der Waals surface area contributed by atoms with Gasteiger partial charge in [0.05, 0.1) is 18.1 Å². The summed E-state index contributed by atoms with van der Waals surface area (Å²) in [5.74, 6) is 2.75. The van der Waals surface area contributed by atoms with Crippen LogP contribution in [0.3, 0.4) is 0 Å². The summed E-state index contributed by atoms with van der Waals surface area (Å²) < 4.78 is 11.5. The average Bonchev–Trinajstić information content (AvgIpc) is 3.31. The highest BCUT2D eigenvalue weighted by Gasteiger charge is 2.10. The van der Waals surface area contributed by atoms with E-state index in [1.54, 1.807) is 12.4 Å². The fourth-order valence-corrected chi connectivity index (χ4v) is 2.95. The van der Waals surface area contributed by atoms with E-state index in [1.165, 1.54) is 11.8 Å². The number of aromatic nitrogens is 2. The Bertz CT molecular complexity index is 839. The molecule has 118 valence electrons. The molecule has 4 aromatic rings. The summed E-state index contributed by atoms with van der Waals surface area (Å²) in [6, 6.07) is 19.8. The van der Waals surface area contributed by atoms with Gasteiger partial charge in [0.2, 0.25) is 5.89 Å². The van der Waals surface area contributed by atoms with Gasteiger partial charge in [0.25, 0.3) is 5.22 Å². The quantitative estimate of drug-likeness (QED) is 0.464. The Balaban J connectivity index is 1.43. The molecule has 0 saturated carbocycles. The van der Waals surface area contributed by atoms with Crippen LogP contribution in [0.15, 0.2) is 87.1 Å². The lowest BCUT2D eigenvalue weighted by Gasteiger charge is -1.96. The summed E-state index contributed by atoms with van der Waals surface area (Å²) >= 11 is 1.46. The van der Waals surface area contributed by atoms with Crippen LogP contribution in [0, 0.1) is 0 Å². The van der Waals surface area contributed by atoms with Crippen molar-refractivity contribution >= 4 is 11.8 Å². The lowest BCUT2D eigenvalue weighted by molar-refractivity contribution is 0.464. The molecule has 0 bridgehead atoms. The lowest BCUT2D eigenvalue weighted by Crippen LogP contribution is -1.78. The van der Waals surface area contributed by atoms with E-state index >= 15 is 0 Å². The zero-order valence-corrected chi connectivity index (χ0v) is 13.6. The molecule has 4 rings (SSSR count). The van der Waals surface area contributed by atoms with Crippen LogP contribution in [0.1, 0.15) is 5.89 Å². The number of thioether (sulfide) groups is 1. The van der Waals surface area contributed by atoms with Crippen molar-refractivity contribution in [2.45, 2.75) is 11.0 Å². The van der Waals surface area contributed by atoms with E-state index in [0.29, 0.717) is 16.9 Å². The van der Waals surface area contributed by atoms with Gasteiger partial charge >= 0.3 is 0 Å². The fraction of sp³-hybridized carbons (Fsp3) is 0.0526. The molecular formula is C19H14N2O2S. The standard InChI is InChI=1S/C19H14N2O2S/c1-3-7-14(8-4-1)16-11-20-18(22-16)13-24-19-21-12-17(23-19)15-9-5-2-6-10-15/h1-12H,13H2. The second-order valence-corrected chi connectivity index (χ2v) is 6.06. The number of benzene rings is 2. The number of oxazole rings is 2. The molecule has 0 N–H and O–H groups in total. The van der Waals surface area contributed by atoms with Gasteiger partial charge in [-0.15, -0.1) is 0 Å². The first kappa shape index (κ1) is 14.8. The van der Waals surface area contributed by atoms with Crippen molar-refractivity contribution in [3.63, 3.8) is 0 Å². The SMILES string of the molecule is c1ccc(-c2cnc(CSc3ncc(-c4ccccc4)o3)o2)cc1. The summed E-state index contributed by atoms with van der Waals surface area (Å²) in [7, 11) is 0. The van der Waals surface area contributed by atoms with Crippen molar-refractivity contribution < 1.29 is 8.83 Å². The zero-order chi connectivity index (χ0) is 16.2. The molecule has 0 aliphatic rings. The van der Waals surface area contributed by atoms with Crippen LogP contribution in [-0.4, -0.2) is 9.97 Å². The molecule has 2 aromatic carbocycles. The lowest BCUT2D eigenvalue weighted by atomic mass is 10.2. The van der Waals surface area contributed by atoms with Gasteiger partial charge in [-0.25, -0.2) is 9.97 Å². The maximum atomic E-state index is 5.78. The third kappa shape index (κ3) is 3.26. The number of hydrogen-bond donors (Lipinski definition) is 0. The van der Waals surface area contributed by atoms with Crippen molar-refractivity contribution in [2.24, 2.45) is 0 Å². The highest BCUT2D eigenvalue weighted by Crippen LogP contribution is 2.28. The van der Waals surface area contributed by atoms with Crippen molar-refractivity contribution in [3.05, 3.63) is 78.9 Å². The monoisotopic (exact) mass is 334 g/mol. The molecule has 5 heteroatoms. The molecule has 0 atom stereocenters. The molecule has 0 fully saturated rings. The topological polar surface area (TPSA) is 52.1 Å². The summed E-state index contributed by atoms with van der Waals surface area (Å²) in [6.45, 7) is 0. The van der Waals surface area contributed by atoms with Crippen LogP contribution in [0.4, 0.5) is 0 Å². The zero-order valence-electron chi connectivity index (χ0n) is 12.8. The van der Waals surface area contributed by atoms with Gasteiger partial charge in [0.1, 0.15) is 0 Å². The second-order valence-electron chi connectivity index (χ2n) is 5.13. The van der Waals surface area contributed by atoms with Gasteiger partial charge in [-0.1, -0.05) is 72.4 Å². The smallest absolute Gasteiger partial charge is 0.256 e. The van der Waals surface area contributed by atoms with Gasteiger partial charge in [-0.05, 0) is 0 Å². The Morgan fingerprint density at radius 2 is 1.29 bits per heavy atom. The van der Waals surface area contributed by atoms with Crippen LogP contribution in [-0.2, 0) is 5.75 Å². The predicted molar refractivity (Wildman–Crippen MR) is 93.4 cm³/mol. The molecule has 4 nitrogen and oxygen atoms in total. The van der Waals surface area contributed by atoms with Crippen LogP contribution in [0.5, 0.6) is 0 Å². The van der Waals surface area contributed by atoms with E-state index in [4.69, 9.17) is 8.83 Å². The number of rotatable bonds is 5. The molecule has 0 unspecified atom stereocenters. The minimum Gasteiger partial charge on any atom is -0.440 e. The van der Waals surface area contributed by atoms with Gasteiger partial charge in [-0.2, -0.15) is 0 Å². The highest BCUT2D eigenvalue weighted by molar-refractivity contribution is 7.98. The Morgan fingerprint density at radius 3 is 1.96 bits per heavy atom. The molecule has 24 heavy (non-hydrogen) atoms. The van der Waals surface area contributed by atoms with Crippen molar-refractivity contribution in [1.29, 1.82) is 0 Å². The van der Waals surface area contributed by atoms with E-state index in [1.807, 2.05) is 60.7 Å². The second kappa shape index (κ2) is 6.76. The van der Waals surface area contributed by atoms with E-state index < -0.39 is 0 Å². The molecule has 2 heterocycles. The number of nitrogens with zero attached hydrogens (tertiary/aromatic N) is 2. The van der Waals surface area contributed by atoms with Crippen LogP contribution < -0.4 is 0 Å². The molecule has 2 aromatic heterocycles. The molecular weight excluding hydrogens is 320 g/mol. The minimum atomic E-state index is 0.571. The van der Waals surface area contributed by atoms with Crippen LogP contribution in [0.2, 0.25) is 0 Å². The maximum Gasteiger partial charge on any atom is 0.256 e. The van der Waals surface area contributed by atoms with E-state index in [-0.39, 0.29) is 0 Å². The van der Waals surface area contributed by atoms with Crippen molar-refractivity contribution in [1.82, 2.24) is 9.97 Å². The first-order valence-corrected chi connectivity index (χ1v) is 8.51. The Kier molecular flexibility index (Phi) is 4.16. The normalized spacial score (nSPS) is 10.8. The van der Waals surface area contributed by atoms with Gasteiger partial charge in [-0.3, -0.25) is 0 Å². The van der Waals surface area contributed by atoms with Gasteiger partial charge < -0.3 is 8.83 Å². The Morgan fingerprint density at radius 1 is 0.708 bits per heavy atom. The third-order valence-electron chi connectivity index (χ3n) is 3.47. The third-order valence-corrected chi connectivity index (χ3v) is 4.30. The first-order chi connectivity index (χ1) is 11.9. The van der Waals surface area contributed by atoms with Crippen LogP contribution in [0.25, 0.3) is 22.6 Å². The van der Waals surface area contributed by atoms with E-state index in [2.05, 4.69) is 9.97 Å². The minimum absolute atomic E-state index is 0.571. The van der Waals surface area contributed by atoms with E-state index in [0.717, 1.165) is 22.6 Å². The van der Waals surface area contributed by atoms with Crippen molar-refractivity contribution in [3.8, 4) is 22.6 Å². The highest BCUT2D eigenvalue weighted by atomic mass is 32.2. The molecule has 0 saturated heterocycles. The molecule has 0 aliphatic carbocycles. The maximum absolute atomic E-state index is 5.78. The summed E-state index contributed by atoms with van der Waals surface area (Å²) in [4.78, 5) is 8.62. The molecule has 0 radical (unpaired) electrons. The summed E-state index contributed by atoms with van der Waals surface area (Å²) in [5.41, 5.74) is 2.03. The Hall–Kier alpha value is -2.79. The first-order valence-electron chi connectivity index (χ1n) is 7.53. The molecule has 0 amide bonds. The molecule has 0 aliphatic heterocycles. The number of hydrogen-bond acceptors (Lipinski definition) is 5. The predicted octanol–water partition coefficient (Wildman–Crippen LogP) is 5.29.